The Labute approximate surface area is 350 Å². The third-order valence-corrected chi connectivity index (χ3v) is 9.79. The van der Waals surface area contributed by atoms with Crippen molar-refractivity contribution < 1.29 is 56.2 Å². The van der Waals surface area contributed by atoms with Gasteiger partial charge in [-0.2, -0.15) is 8.42 Å². The molecule has 1 heterocycles. The Morgan fingerprint density at radius 1 is 0.655 bits per heavy atom. The number of carbonyl (C=O) groups is 1. The van der Waals surface area contributed by atoms with E-state index in [2.05, 4.69) is 90.9 Å². The fourth-order valence-electron chi connectivity index (χ4n) is 6.11. The SMILES string of the molecule is CC/C=C\C/C=C\C/C=C\CCCCCCCCCC(=O)OC(COCCCCCC/C=C\C/C=C\C/C=C\CC)COC1OC(CO)C(O)C(OS(=O)(=O)O)C1O. The van der Waals surface area contributed by atoms with Crippen molar-refractivity contribution in [2.24, 2.45) is 0 Å². The van der Waals surface area contributed by atoms with Crippen LogP contribution in [-0.4, -0.2) is 97.5 Å². The molecule has 6 unspecified atom stereocenters. The van der Waals surface area contributed by atoms with Crippen molar-refractivity contribution in [1.82, 2.24) is 0 Å². The summed E-state index contributed by atoms with van der Waals surface area (Å²) in [5.74, 6) is -0.422. The van der Waals surface area contributed by atoms with Gasteiger partial charge in [0, 0.05) is 13.0 Å². The molecular formula is C45H76O12S. The van der Waals surface area contributed by atoms with Crippen LogP contribution in [0, 0.1) is 0 Å². The van der Waals surface area contributed by atoms with E-state index in [1.165, 1.54) is 12.8 Å². The Hall–Kier alpha value is -2.46. The smallest absolute Gasteiger partial charge is 0.397 e. The minimum atomic E-state index is -5.07. The molecule has 12 nitrogen and oxygen atoms in total. The first-order valence-corrected chi connectivity index (χ1v) is 23.1. The van der Waals surface area contributed by atoms with Crippen molar-refractivity contribution in [2.45, 2.75) is 179 Å². The van der Waals surface area contributed by atoms with E-state index in [9.17, 15) is 28.5 Å². The number of esters is 1. The molecule has 1 fully saturated rings. The van der Waals surface area contributed by atoms with E-state index in [-0.39, 0.29) is 19.6 Å². The highest BCUT2D eigenvalue weighted by Crippen LogP contribution is 2.26. The van der Waals surface area contributed by atoms with E-state index in [0.717, 1.165) is 103 Å². The molecule has 0 radical (unpaired) electrons. The number of hydrogen-bond donors (Lipinski definition) is 4. The summed E-state index contributed by atoms with van der Waals surface area (Å²) in [5.41, 5.74) is 0. The predicted octanol–water partition coefficient (Wildman–Crippen LogP) is 8.74. The van der Waals surface area contributed by atoms with E-state index in [0.29, 0.717) is 13.0 Å². The second-order valence-corrected chi connectivity index (χ2v) is 15.6. The van der Waals surface area contributed by atoms with Gasteiger partial charge in [0.1, 0.15) is 30.5 Å². The summed E-state index contributed by atoms with van der Waals surface area (Å²) < 4.78 is 58.9. The average molecular weight is 841 g/mol. The van der Waals surface area contributed by atoms with Gasteiger partial charge in [0.15, 0.2) is 6.29 Å². The Bertz CT molecular complexity index is 1290. The molecule has 1 aliphatic heterocycles. The summed E-state index contributed by atoms with van der Waals surface area (Å²) in [5, 5.41) is 30.6. The van der Waals surface area contributed by atoms with Crippen LogP contribution in [0.3, 0.4) is 0 Å². The molecule has 0 aromatic rings. The van der Waals surface area contributed by atoms with E-state index in [4.69, 9.17) is 23.5 Å². The summed E-state index contributed by atoms with van der Waals surface area (Å²) >= 11 is 0. The number of carbonyl (C=O) groups excluding carboxylic acids is 1. The molecule has 0 aliphatic carbocycles. The van der Waals surface area contributed by atoms with E-state index in [1.807, 2.05) is 0 Å². The van der Waals surface area contributed by atoms with Gasteiger partial charge >= 0.3 is 16.4 Å². The molecule has 4 N–H and O–H groups in total. The lowest BCUT2D eigenvalue weighted by Crippen LogP contribution is -2.60. The molecular weight excluding hydrogens is 765 g/mol. The number of unbranched alkanes of at least 4 members (excludes halogenated alkanes) is 11. The van der Waals surface area contributed by atoms with Crippen molar-refractivity contribution in [2.75, 3.05) is 26.4 Å². The molecule has 58 heavy (non-hydrogen) atoms. The maximum atomic E-state index is 12.8. The molecule has 1 aliphatic rings. The zero-order chi connectivity index (χ0) is 42.5. The first-order valence-electron chi connectivity index (χ1n) is 21.7. The molecule has 0 amide bonds. The van der Waals surface area contributed by atoms with Gasteiger partial charge in [0.25, 0.3) is 0 Å². The fourth-order valence-corrected chi connectivity index (χ4v) is 6.62. The number of ether oxygens (including phenoxy) is 4. The van der Waals surface area contributed by atoms with Gasteiger partial charge in [-0.05, 0) is 77.0 Å². The quantitative estimate of drug-likeness (QED) is 0.0204. The average Bonchev–Trinajstić information content (AvgIpc) is 3.19. The monoisotopic (exact) mass is 841 g/mol. The molecule has 0 aromatic carbocycles. The Morgan fingerprint density at radius 2 is 1.14 bits per heavy atom. The first-order chi connectivity index (χ1) is 28.1. The van der Waals surface area contributed by atoms with Crippen molar-refractivity contribution >= 4 is 16.4 Å². The normalized spacial score (nSPS) is 21.2. The molecule has 1 saturated heterocycles. The van der Waals surface area contributed by atoms with Gasteiger partial charge in [-0.25, -0.2) is 4.18 Å². The summed E-state index contributed by atoms with van der Waals surface area (Å²) in [6.07, 6.45) is 36.5. The van der Waals surface area contributed by atoms with Gasteiger partial charge in [-0.15, -0.1) is 0 Å². The fraction of sp³-hybridized carbons (Fsp3) is 0.711. The number of allylic oxidation sites excluding steroid dienone is 12. The highest BCUT2D eigenvalue weighted by atomic mass is 32.3. The van der Waals surface area contributed by atoms with Crippen LogP contribution in [0.2, 0.25) is 0 Å². The topological polar surface area (TPSA) is 178 Å². The van der Waals surface area contributed by atoms with Crippen LogP contribution in [0.15, 0.2) is 72.9 Å². The lowest BCUT2D eigenvalue weighted by atomic mass is 9.99. The Balaban J connectivity index is 2.47. The van der Waals surface area contributed by atoms with Crippen LogP contribution in [0.4, 0.5) is 0 Å². The van der Waals surface area contributed by atoms with Gasteiger partial charge in [0.2, 0.25) is 0 Å². The molecule has 13 heteroatoms. The highest BCUT2D eigenvalue weighted by Gasteiger charge is 2.48. The maximum absolute atomic E-state index is 12.8. The first kappa shape index (κ1) is 53.6. The summed E-state index contributed by atoms with van der Waals surface area (Å²) in [4.78, 5) is 12.8. The van der Waals surface area contributed by atoms with Crippen LogP contribution >= 0.6 is 0 Å². The lowest BCUT2D eigenvalue weighted by Gasteiger charge is -2.41. The van der Waals surface area contributed by atoms with Crippen molar-refractivity contribution in [3.05, 3.63) is 72.9 Å². The van der Waals surface area contributed by atoms with Gasteiger partial charge in [-0.1, -0.05) is 132 Å². The number of aliphatic hydroxyl groups is 3. The van der Waals surface area contributed by atoms with Crippen molar-refractivity contribution in [1.29, 1.82) is 0 Å². The van der Waals surface area contributed by atoms with Gasteiger partial charge < -0.3 is 34.3 Å². The van der Waals surface area contributed by atoms with Crippen LogP contribution < -0.4 is 0 Å². The summed E-state index contributed by atoms with van der Waals surface area (Å²) in [7, 11) is -5.07. The van der Waals surface area contributed by atoms with Gasteiger partial charge in [-0.3, -0.25) is 9.35 Å². The lowest BCUT2D eigenvalue weighted by molar-refractivity contribution is -0.301. The zero-order valence-electron chi connectivity index (χ0n) is 35.3. The standard InChI is InChI=1S/C45H76O12S/c1-3-5-7-9-11-13-15-17-19-20-21-22-24-26-28-30-32-34-41(47)55-39(37-53-35-33-31-29-27-25-23-18-16-14-12-10-8-6-4-2)38-54-45-43(49)44(57-58(50,51)52)42(48)40(36-46)56-45/h5-8,11-14,17-19,23,39-40,42-46,48-49H,3-4,9-10,15-16,20-22,24-38H2,1-2H3,(H,50,51,52)/b7-5-,8-6-,13-11-,14-12-,19-17-,23-18-. The van der Waals surface area contributed by atoms with Crippen LogP contribution in [-0.2, 0) is 38.3 Å². The third kappa shape index (κ3) is 29.7. The molecule has 6 atom stereocenters. The second-order valence-electron chi connectivity index (χ2n) is 14.5. The number of rotatable bonds is 36. The molecule has 334 valence electrons. The number of hydrogen-bond acceptors (Lipinski definition) is 11. The minimum absolute atomic E-state index is 0.0125. The Morgan fingerprint density at radius 3 is 1.66 bits per heavy atom. The van der Waals surface area contributed by atoms with Crippen molar-refractivity contribution in [3.8, 4) is 0 Å². The second kappa shape index (κ2) is 36.4. The van der Waals surface area contributed by atoms with Crippen LogP contribution in [0.1, 0.15) is 142 Å². The largest absolute Gasteiger partial charge is 0.457 e. The van der Waals surface area contributed by atoms with Crippen molar-refractivity contribution in [3.63, 3.8) is 0 Å². The van der Waals surface area contributed by atoms with Crippen LogP contribution in [0.5, 0.6) is 0 Å². The van der Waals surface area contributed by atoms with Crippen LogP contribution in [0.25, 0.3) is 0 Å². The zero-order valence-corrected chi connectivity index (χ0v) is 36.1. The maximum Gasteiger partial charge on any atom is 0.397 e. The van der Waals surface area contributed by atoms with E-state index < -0.39 is 59.8 Å². The predicted molar refractivity (Wildman–Crippen MR) is 229 cm³/mol. The summed E-state index contributed by atoms with van der Waals surface area (Å²) in [6.45, 7) is 3.67. The molecule has 0 saturated carbocycles. The Kier molecular flexibility index (Phi) is 33.6. The van der Waals surface area contributed by atoms with E-state index >= 15 is 0 Å². The van der Waals surface area contributed by atoms with E-state index in [1.54, 1.807) is 0 Å². The van der Waals surface area contributed by atoms with Gasteiger partial charge in [0.05, 0.1) is 19.8 Å². The summed E-state index contributed by atoms with van der Waals surface area (Å²) in [6, 6.07) is 0. The highest BCUT2D eigenvalue weighted by molar-refractivity contribution is 7.80. The molecule has 0 aromatic heterocycles. The molecule has 0 spiro atoms. The minimum Gasteiger partial charge on any atom is -0.457 e. The molecule has 1 rings (SSSR count). The number of aliphatic hydroxyl groups excluding tert-OH is 3. The molecule has 0 bridgehead atoms. The third-order valence-electron chi connectivity index (χ3n) is 9.32.